The first-order chi connectivity index (χ1) is 8.15. The quantitative estimate of drug-likeness (QED) is 0.878. The van der Waals surface area contributed by atoms with Crippen molar-refractivity contribution in [1.82, 2.24) is 0 Å². The number of hydrogen-bond acceptors (Lipinski definition) is 2. The van der Waals surface area contributed by atoms with Crippen molar-refractivity contribution in [3.05, 3.63) is 29.3 Å². The molecule has 100 valence electrons. The number of hydrogen-bond donors (Lipinski definition) is 2. The molecule has 2 rings (SSSR count). The molecule has 0 radical (unpaired) electrons. The van der Waals surface area contributed by atoms with Gasteiger partial charge >= 0.3 is 0 Å². The maximum absolute atomic E-state index is 12.0. The number of carbonyl (C=O) groups is 1. The van der Waals surface area contributed by atoms with Gasteiger partial charge in [-0.3, -0.25) is 4.79 Å². The van der Waals surface area contributed by atoms with Gasteiger partial charge in [-0.1, -0.05) is 24.1 Å². The summed E-state index contributed by atoms with van der Waals surface area (Å²) in [6.45, 7) is 0. The van der Waals surface area contributed by atoms with Crippen LogP contribution in [0.3, 0.4) is 0 Å². The minimum atomic E-state index is 0. The van der Waals surface area contributed by atoms with Crippen molar-refractivity contribution >= 4 is 35.6 Å². The topological polar surface area (TPSA) is 55.1 Å². The molecule has 3 N–H and O–H groups in total. The van der Waals surface area contributed by atoms with Gasteiger partial charge in [-0.25, -0.2) is 0 Å². The minimum Gasteiger partial charge on any atom is -0.328 e. The third kappa shape index (κ3) is 4.16. The van der Waals surface area contributed by atoms with Crippen molar-refractivity contribution < 1.29 is 4.79 Å². The molecule has 1 aromatic carbocycles. The second-order valence-electron chi connectivity index (χ2n) is 4.62. The van der Waals surface area contributed by atoms with Gasteiger partial charge < -0.3 is 11.1 Å². The Hall–Kier alpha value is -0.770. The lowest BCUT2D eigenvalue weighted by atomic mass is 9.85. The van der Waals surface area contributed by atoms with Gasteiger partial charge in [0.2, 0.25) is 5.91 Å². The van der Waals surface area contributed by atoms with Crippen LogP contribution < -0.4 is 11.1 Å². The number of carbonyl (C=O) groups excluding carboxylic acids is 1. The van der Waals surface area contributed by atoms with Gasteiger partial charge in [0.25, 0.3) is 0 Å². The molecular formula is C13H18Cl2N2O. The molecule has 1 saturated carbocycles. The summed E-state index contributed by atoms with van der Waals surface area (Å²) in [5.41, 5.74) is 6.63. The van der Waals surface area contributed by atoms with Crippen molar-refractivity contribution in [2.75, 3.05) is 5.32 Å². The van der Waals surface area contributed by atoms with Crippen molar-refractivity contribution in [2.45, 2.75) is 31.7 Å². The van der Waals surface area contributed by atoms with E-state index in [1.165, 1.54) is 0 Å². The molecule has 2 unspecified atom stereocenters. The van der Waals surface area contributed by atoms with Crippen LogP contribution in [0.25, 0.3) is 0 Å². The molecule has 1 aliphatic rings. The second-order valence-corrected chi connectivity index (χ2v) is 5.06. The molecule has 0 aromatic heterocycles. The Balaban J connectivity index is 0.00000162. The Labute approximate surface area is 118 Å². The third-order valence-corrected chi connectivity index (χ3v) is 3.41. The van der Waals surface area contributed by atoms with E-state index in [1.807, 2.05) is 12.1 Å². The molecule has 0 spiro atoms. The fourth-order valence-corrected chi connectivity index (χ4v) is 2.47. The molecule has 1 aliphatic carbocycles. The Bertz CT molecular complexity index is 412. The summed E-state index contributed by atoms with van der Waals surface area (Å²) in [5.74, 6) is 0.0974. The van der Waals surface area contributed by atoms with Gasteiger partial charge in [0.05, 0.1) is 0 Å². The van der Waals surface area contributed by atoms with Gasteiger partial charge in [0.15, 0.2) is 0 Å². The van der Waals surface area contributed by atoms with E-state index in [4.69, 9.17) is 17.3 Å². The van der Waals surface area contributed by atoms with Crippen LogP contribution in [0.5, 0.6) is 0 Å². The number of benzene rings is 1. The highest BCUT2D eigenvalue weighted by Crippen LogP contribution is 2.25. The zero-order valence-corrected chi connectivity index (χ0v) is 11.6. The molecule has 3 nitrogen and oxygen atoms in total. The van der Waals surface area contributed by atoms with Crippen LogP contribution in [0.1, 0.15) is 25.7 Å². The third-order valence-electron chi connectivity index (χ3n) is 3.18. The monoisotopic (exact) mass is 288 g/mol. The lowest BCUT2D eigenvalue weighted by Gasteiger charge is -2.25. The van der Waals surface area contributed by atoms with E-state index in [1.54, 1.807) is 12.1 Å². The molecule has 2 atom stereocenters. The van der Waals surface area contributed by atoms with Crippen molar-refractivity contribution in [3.63, 3.8) is 0 Å². The number of rotatable bonds is 2. The van der Waals surface area contributed by atoms with Crippen LogP contribution in [0.2, 0.25) is 5.02 Å². The lowest BCUT2D eigenvalue weighted by Crippen LogP contribution is -2.34. The molecule has 0 saturated heterocycles. The van der Waals surface area contributed by atoms with E-state index in [-0.39, 0.29) is 30.3 Å². The number of anilines is 1. The number of amides is 1. The van der Waals surface area contributed by atoms with Gasteiger partial charge in [0.1, 0.15) is 0 Å². The van der Waals surface area contributed by atoms with E-state index in [0.717, 1.165) is 31.4 Å². The van der Waals surface area contributed by atoms with Crippen LogP contribution >= 0.6 is 24.0 Å². The molecule has 18 heavy (non-hydrogen) atoms. The summed E-state index contributed by atoms with van der Waals surface area (Å²) in [6.07, 6.45) is 3.78. The van der Waals surface area contributed by atoms with E-state index in [0.29, 0.717) is 5.02 Å². The smallest absolute Gasteiger partial charge is 0.227 e. The molecule has 5 heteroatoms. The van der Waals surface area contributed by atoms with Crippen LogP contribution in [-0.4, -0.2) is 11.9 Å². The maximum Gasteiger partial charge on any atom is 0.227 e. The van der Waals surface area contributed by atoms with Crippen molar-refractivity contribution in [1.29, 1.82) is 0 Å². The average Bonchev–Trinajstić information content (AvgIpc) is 2.29. The molecule has 0 heterocycles. The van der Waals surface area contributed by atoms with Crippen LogP contribution in [-0.2, 0) is 4.79 Å². The van der Waals surface area contributed by atoms with E-state index in [2.05, 4.69) is 5.32 Å². The lowest BCUT2D eigenvalue weighted by molar-refractivity contribution is -0.120. The molecule has 1 fully saturated rings. The zero-order valence-electron chi connectivity index (χ0n) is 10.1. The van der Waals surface area contributed by atoms with Gasteiger partial charge in [-0.05, 0) is 37.5 Å². The van der Waals surface area contributed by atoms with Crippen molar-refractivity contribution in [3.8, 4) is 0 Å². The molecule has 0 aliphatic heterocycles. The average molecular weight is 289 g/mol. The number of nitrogens with one attached hydrogen (secondary N) is 1. The summed E-state index contributed by atoms with van der Waals surface area (Å²) < 4.78 is 0. The first-order valence-corrected chi connectivity index (χ1v) is 6.35. The summed E-state index contributed by atoms with van der Waals surface area (Å²) in [4.78, 5) is 12.0. The molecular weight excluding hydrogens is 271 g/mol. The van der Waals surface area contributed by atoms with E-state index < -0.39 is 0 Å². The highest BCUT2D eigenvalue weighted by molar-refractivity contribution is 6.30. The minimum absolute atomic E-state index is 0. The maximum atomic E-state index is 12.0. The summed E-state index contributed by atoms with van der Waals surface area (Å²) in [7, 11) is 0. The number of nitrogens with two attached hydrogens (primary N) is 1. The van der Waals surface area contributed by atoms with Crippen LogP contribution in [0.15, 0.2) is 24.3 Å². The molecule has 1 aromatic rings. The van der Waals surface area contributed by atoms with Crippen LogP contribution in [0.4, 0.5) is 5.69 Å². The highest BCUT2D eigenvalue weighted by Gasteiger charge is 2.25. The summed E-state index contributed by atoms with van der Waals surface area (Å²) in [6, 6.07) is 7.37. The zero-order chi connectivity index (χ0) is 12.3. The molecule has 1 amide bonds. The normalized spacial score (nSPS) is 23.0. The van der Waals surface area contributed by atoms with Crippen molar-refractivity contribution in [2.24, 2.45) is 11.7 Å². The Kier molecular flexibility index (Phi) is 5.93. The van der Waals surface area contributed by atoms with E-state index in [9.17, 15) is 4.79 Å². The SMILES string of the molecule is Cl.NC1CCCC(C(=O)Nc2cccc(Cl)c2)C1. The molecule has 0 bridgehead atoms. The summed E-state index contributed by atoms with van der Waals surface area (Å²) in [5, 5.41) is 3.52. The van der Waals surface area contributed by atoms with Gasteiger partial charge in [-0.2, -0.15) is 0 Å². The Morgan fingerprint density at radius 3 is 2.83 bits per heavy atom. The number of halogens is 2. The Morgan fingerprint density at radius 1 is 1.39 bits per heavy atom. The van der Waals surface area contributed by atoms with Gasteiger partial charge in [0, 0.05) is 22.7 Å². The van der Waals surface area contributed by atoms with E-state index >= 15 is 0 Å². The Morgan fingerprint density at radius 2 is 2.17 bits per heavy atom. The first-order valence-electron chi connectivity index (χ1n) is 5.97. The predicted octanol–water partition coefficient (Wildman–Crippen LogP) is 3.22. The standard InChI is InChI=1S/C13H17ClN2O.ClH/c14-10-4-2-6-12(8-10)16-13(17)9-3-1-5-11(15)7-9;/h2,4,6,8-9,11H,1,3,5,7,15H2,(H,16,17);1H. The highest BCUT2D eigenvalue weighted by atomic mass is 35.5. The summed E-state index contributed by atoms with van der Waals surface area (Å²) >= 11 is 5.87. The van der Waals surface area contributed by atoms with Gasteiger partial charge in [-0.15, -0.1) is 12.4 Å². The predicted molar refractivity (Wildman–Crippen MR) is 77.3 cm³/mol. The van der Waals surface area contributed by atoms with Crippen LogP contribution in [0, 0.1) is 5.92 Å². The largest absolute Gasteiger partial charge is 0.328 e. The second kappa shape index (κ2) is 6.98. The first kappa shape index (κ1) is 15.3. The fourth-order valence-electron chi connectivity index (χ4n) is 2.28. The fraction of sp³-hybridized carbons (Fsp3) is 0.462.